The number of esters is 1. The second kappa shape index (κ2) is 11.6. The Kier molecular flexibility index (Phi) is 9.01. The summed E-state index contributed by atoms with van der Waals surface area (Å²) in [5, 5.41) is 7.26. The van der Waals surface area contributed by atoms with Gasteiger partial charge >= 0.3 is 12.1 Å². The molecule has 1 aliphatic heterocycles. The van der Waals surface area contributed by atoms with Gasteiger partial charge in [0.2, 0.25) is 0 Å². The molecule has 1 aromatic carbocycles. The third-order valence-corrected chi connectivity index (χ3v) is 6.18. The zero-order valence-corrected chi connectivity index (χ0v) is 22.3. The van der Waals surface area contributed by atoms with Crippen molar-refractivity contribution in [3.8, 4) is 0 Å². The van der Waals surface area contributed by atoms with E-state index in [2.05, 4.69) is 10.4 Å². The summed E-state index contributed by atoms with van der Waals surface area (Å²) in [6, 6.07) is 2.63. The number of alkyl halides is 2. The van der Waals surface area contributed by atoms with Crippen molar-refractivity contribution in [2.45, 2.75) is 65.3 Å². The fourth-order valence-corrected chi connectivity index (χ4v) is 4.18. The third-order valence-electron chi connectivity index (χ3n) is 5.44. The normalized spacial score (nSPS) is 15.4. The van der Waals surface area contributed by atoms with Crippen LogP contribution >= 0.6 is 23.2 Å². The Morgan fingerprint density at radius 2 is 1.92 bits per heavy atom. The van der Waals surface area contributed by atoms with Crippen LogP contribution in [0, 0.1) is 0 Å². The van der Waals surface area contributed by atoms with Crippen molar-refractivity contribution in [1.29, 1.82) is 0 Å². The number of fused-ring (bicyclic) bond motifs is 1. The van der Waals surface area contributed by atoms with Crippen LogP contribution in [0.1, 0.15) is 59.8 Å². The quantitative estimate of drug-likeness (QED) is 0.491. The summed E-state index contributed by atoms with van der Waals surface area (Å²) in [4.78, 5) is 39.1. The predicted molar refractivity (Wildman–Crippen MR) is 132 cm³/mol. The molecule has 0 bridgehead atoms. The predicted octanol–water partition coefficient (Wildman–Crippen LogP) is 4.72. The molecule has 0 saturated heterocycles. The molecule has 2 amide bonds. The Hall–Kier alpha value is -2.92. The van der Waals surface area contributed by atoms with Crippen LogP contribution in [0.5, 0.6) is 0 Å². The molecule has 0 saturated carbocycles. The fourth-order valence-electron chi connectivity index (χ4n) is 3.88. The summed E-state index contributed by atoms with van der Waals surface area (Å²) in [6.45, 7) is 6.65. The van der Waals surface area contributed by atoms with E-state index in [-0.39, 0.29) is 59.7 Å². The van der Waals surface area contributed by atoms with Crippen LogP contribution < -0.4 is 5.32 Å². The number of ether oxygens (including phenoxy) is 2. The summed E-state index contributed by atoms with van der Waals surface area (Å²) in [7, 11) is 0. The van der Waals surface area contributed by atoms with Crippen LogP contribution in [0.25, 0.3) is 0 Å². The maximum atomic E-state index is 14.1. The number of aromatic nitrogens is 2. The summed E-state index contributed by atoms with van der Waals surface area (Å²) in [5.41, 5.74) is -0.0259. The molecule has 9 nitrogen and oxygen atoms in total. The lowest BCUT2D eigenvalue weighted by molar-refractivity contribution is 0.0135. The number of carbonyl (C=O) groups is 3. The van der Waals surface area contributed by atoms with Crippen molar-refractivity contribution in [3.63, 3.8) is 0 Å². The molecule has 37 heavy (non-hydrogen) atoms. The first-order valence-electron chi connectivity index (χ1n) is 11.6. The van der Waals surface area contributed by atoms with Crippen LogP contribution in [0.4, 0.5) is 13.6 Å². The maximum Gasteiger partial charge on any atom is 0.407 e. The lowest BCUT2D eigenvalue weighted by atomic mass is 9.97. The van der Waals surface area contributed by atoms with Crippen LogP contribution in [0.3, 0.4) is 0 Å². The molecular formula is C24H28Cl2F2N4O5. The highest BCUT2D eigenvalue weighted by molar-refractivity contribution is 6.42. The molecule has 1 aromatic heterocycles. The topological polar surface area (TPSA) is 103 Å². The van der Waals surface area contributed by atoms with Gasteiger partial charge in [0.05, 0.1) is 41.5 Å². The molecule has 3 rings (SSSR count). The molecule has 1 atom stereocenters. The Bertz CT molecular complexity index is 1180. The van der Waals surface area contributed by atoms with Gasteiger partial charge in [0, 0.05) is 24.1 Å². The van der Waals surface area contributed by atoms with E-state index in [9.17, 15) is 23.2 Å². The Morgan fingerprint density at radius 1 is 1.22 bits per heavy atom. The first kappa shape index (κ1) is 28.6. The first-order chi connectivity index (χ1) is 17.3. The van der Waals surface area contributed by atoms with Gasteiger partial charge in [0.15, 0.2) is 5.69 Å². The average Bonchev–Trinajstić information content (AvgIpc) is 3.15. The molecule has 0 spiro atoms. The van der Waals surface area contributed by atoms with Gasteiger partial charge in [-0.05, 0) is 45.9 Å². The molecule has 0 fully saturated rings. The first-order valence-corrected chi connectivity index (χ1v) is 12.3. The molecule has 1 unspecified atom stereocenters. The molecule has 2 heterocycles. The molecule has 1 aliphatic rings. The van der Waals surface area contributed by atoms with E-state index in [4.69, 9.17) is 32.7 Å². The van der Waals surface area contributed by atoms with Crippen molar-refractivity contribution in [2.75, 3.05) is 13.2 Å². The molecular weight excluding hydrogens is 533 g/mol. The zero-order valence-electron chi connectivity index (χ0n) is 20.8. The number of halogens is 4. The smallest absolute Gasteiger partial charge is 0.407 e. The highest BCUT2D eigenvalue weighted by atomic mass is 35.5. The highest BCUT2D eigenvalue weighted by Gasteiger charge is 2.40. The largest absolute Gasteiger partial charge is 0.461 e. The van der Waals surface area contributed by atoms with E-state index in [1.54, 1.807) is 27.7 Å². The van der Waals surface area contributed by atoms with Gasteiger partial charge in [0.1, 0.15) is 5.60 Å². The van der Waals surface area contributed by atoms with E-state index in [1.165, 1.54) is 22.9 Å². The van der Waals surface area contributed by atoms with E-state index in [1.807, 2.05) is 0 Å². The van der Waals surface area contributed by atoms with Gasteiger partial charge < -0.3 is 19.7 Å². The Balaban J connectivity index is 1.92. The van der Waals surface area contributed by atoms with Gasteiger partial charge in [-0.3, -0.25) is 9.48 Å². The Labute approximate surface area is 223 Å². The number of hydrogen-bond donors (Lipinski definition) is 1. The second-order valence-electron chi connectivity index (χ2n) is 9.31. The van der Waals surface area contributed by atoms with Gasteiger partial charge in [-0.1, -0.05) is 23.2 Å². The van der Waals surface area contributed by atoms with Crippen LogP contribution in [0.2, 0.25) is 10.0 Å². The number of alkyl carbamates (subject to hydrolysis) is 1. The lowest BCUT2D eigenvalue weighted by Gasteiger charge is -2.35. The summed E-state index contributed by atoms with van der Waals surface area (Å²) in [6.07, 6.45) is -3.80. The molecule has 2 aromatic rings. The number of hydrogen-bond acceptors (Lipinski definition) is 6. The summed E-state index contributed by atoms with van der Waals surface area (Å²) in [5.74, 6) is -1.41. The molecule has 13 heteroatoms. The molecule has 0 radical (unpaired) electrons. The SMILES string of the molecule is CCOC(=O)c1c2c(nn1CCNC(=O)OC(C)(C)C)CC(C(F)F)N(C(=O)c1ccc(Cl)c(Cl)c1)C2. The van der Waals surface area contributed by atoms with Crippen molar-refractivity contribution >= 4 is 41.2 Å². The van der Waals surface area contributed by atoms with E-state index >= 15 is 0 Å². The van der Waals surface area contributed by atoms with Gasteiger partial charge in [-0.2, -0.15) is 5.10 Å². The van der Waals surface area contributed by atoms with E-state index in [0.29, 0.717) is 5.56 Å². The Morgan fingerprint density at radius 3 is 2.51 bits per heavy atom. The fraction of sp³-hybridized carbons (Fsp3) is 0.500. The van der Waals surface area contributed by atoms with Crippen molar-refractivity contribution in [1.82, 2.24) is 20.0 Å². The van der Waals surface area contributed by atoms with Gasteiger partial charge in [-0.25, -0.2) is 18.4 Å². The highest BCUT2D eigenvalue weighted by Crippen LogP contribution is 2.32. The molecule has 1 N–H and O–H groups in total. The zero-order chi connectivity index (χ0) is 27.5. The van der Waals surface area contributed by atoms with E-state index < -0.39 is 36.0 Å². The van der Waals surface area contributed by atoms with E-state index in [0.717, 1.165) is 4.90 Å². The third kappa shape index (κ3) is 6.89. The van der Waals surface area contributed by atoms with Crippen LogP contribution in [-0.4, -0.2) is 63.9 Å². The van der Waals surface area contributed by atoms with Crippen LogP contribution in [0.15, 0.2) is 18.2 Å². The van der Waals surface area contributed by atoms with Gasteiger partial charge in [-0.15, -0.1) is 0 Å². The minimum Gasteiger partial charge on any atom is -0.461 e. The number of rotatable bonds is 7. The minimum absolute atomic E-state index is 0.0301. The number of benzene rings is 1. The molecule has 0 aliphatic carbocycles. The van der Waals surface area contributed by atoms with Crippen molar-refractivity contribution in [3.05, 3.63) is 50.8 Å². The van der Waals surface area contributed by atoms with Crippen molar-refractivity contribution in [2.24, 2.45) is 0 Å². The number of amides is 2. The number of nitrogens with one attached hydrogen (secondary N) is 1. The maximum absolute atomic E-state index is 14.1. The van der Waals surface area contributed by atoms with Crippen molar-refractivity contribution < 1.29 is 32.6 Å². The number of nitrogens with zero attached hydrogens (tertiary/aromatic N) is 3. The minimum atomic E-state index is -2.87. The second-order valence-corrected chi connectivity index (χ2v) is 10.1. The summed E-state index contributed by atoms with van der Waals surface area (Å²) < 4.78 is 39.8. The molecule has 202 valence electrons. The average molecular weight is 561 g/mol. The standard InChI is InChI=1S/C24H28Cl2F2N4O5/c1-5-36-22(34)19-14-12-31(21(33)13-6-7-15(25)16(26)10-13)18(20(27)28)11-17(14)30-32(19)9-8-29-23(35)37-24(2,3)4/h6-7,10,18,20H,5,8-9,11-12H2,1-4H3,(H,29,35). The van der Waals surface area contributed by atoms with Crippen LogP contribution in [-0.2, 0) is 29.0 Å². The summed E-state index contributed by atoms with van der Waals surface area (Å²) >= 11 is 11.9. The monoisotopic (exact) mass is 560 g/mol. The lowest BCUT2D eigenvalue weighted by Crippen LogP contribution is -2.48. The number of carbonyl (C=O) groups excluding carboxylic acids is 3. The van der Waals surface area contributed by atoms with Gasteiger partial charge in [0.25, 0.3) is 12.3 Å².